The number of nitrogens with zero attached hydrogens (tertiary/aromatic N) is 3. The van der Waals surface area contributed by atoms with Crippen LogP contribution in [0.1, 0.15) is 21.6 Å². The number of pyridine rings is 1. The Hall–Kier alpha value is -2.52. The molecular weight excluding hydrogens is 497 g/mol. The fourth-order valence-corrected chi connectivity index (χ4v) is 4.71. The summed E-state index contributed by atoms with van der Waals surface area (Å²) >= 11 is 3.68. The van der Waals surface area contributed by atoms with Crippen molar-refractivity contribution in [2.24, 2.45) is 0 Å². The van der Waals surface area contributed by atoms with Gasteiger partial charge in [0.2, 0.25) is 0 Å². The minimum atomic E-state index is -0.101. The number of thiazole rings is 1. The Morgan fingerprint density at radius 3 is 2.66 bits per heavy atom. The number of carbonyl (C=O) groups excluding carboxylic acids is 1. The topological polar surface area (TPSA) is 55.3 Å². The Labute approximate surface area is 186 Å². The van der Waals surface area contributed by atoms with Gasteiger partial charge in [-0.3, -0.25) is 14.7 Å². The van der Waals surface area contributed by atoms with E-state index in [2.05, 4.69) is 27.6 Å². The van der Waals surface area contributed by atoms with Gasteiger partial charge in [-0.2, -0.15) is 0 Å². The van der Waals surface area contributed by atoms with E-state index in [4.69, 9.17) is 9.72 Å². The van der Waals surface area contributed by atoms with Gasteiger partial charge in [0.05, 0.1) is 29.6 Å². The summed E-state index contributed by atoms with van der Waals surface area (Å²) in [5, 5.41) is 0.628. The van der Waals surface area contributed by atoms with E-state index in [0.29, 0.717) is 23.0 Å². The summed E-state index contributed by atoms with van der Waals surface area (Å²) in [6.45, 7) is 2.38. The number of anilines is 1. The van der Waals surface area contributed by atoms with Crippen LogP contribution in [-0.2, 0) is 6.54 Å². The minimum Gasteiger partial charge on any atom is -0.494 e. The zero-order valence-corrected chi connectivity index (χ0v) is 18.9. The molecule has 0 fully saturated rings. The van der Waals surface area contributed by atoms with E-state index in [9.17, 15) is 4.79 Å². The van der Waals surface area contributed by atoms with Crippen LogP contribution >= 0.6 is 33.9 Å². The zero-order chi connectivity index (χ0) is 20.4. The number of ether oxygens (including phenoxy) is 1. The summed E-state index contributed by atoms with van der Waals surface area (Å²) in [4.78, 5) is 24.4. The normalized spacial score (nSPS) is 10.9. The predicted octanol–water partition coefficient (Wildman–Crippen LogP) is 5.46. The summed E-state index contributed by atoms with van der Waals surface area (Å²) in [6, 6.07) is 17.2. The predicted molar refractivity (Wildman–Crippen MR) is 125 cm³/mol. The van der Waals surface area contributed by atoms with E-state index in [-0.39, 0.29) is 5.91 Å². The number of methoxy groups -OCH3 is 1. The summed E-state index contributed by atoms with van der Waals surface area (Å²) in [5.74, 6) is 0.601. The van der Waals surface area contributed by atoms with Gasteiger partial charge in [-0.1, -0.05) is 35.6 Å². The van der Waals surface area contributed by atoms with Crippen molar-refractivity contribution < 1.29 is 9.53 Å². The maximum absolute atomic E-state index is 13.5. The molecule has 0 bridgehead atoms. The van der Waals surface area contributed by atoms with Gasteiger partial charge in [-0.15, -0.1) is 0 Å². The van der Waals surface area contributed by atoms with Crippen LogP contribution in [0, 0.1) is 10.5 Å². The maximum Gasteiger partial charge on any atom is 0.261 e. The molecule has 2 heterocycles. The molecule has 4 rings (SSSR count). The molecule has 29 heavy (non-hydrogen) atoms. The fourth-order valence-electron chi connectivity index (χ4n) is 3.04. The third-order valence-corrected chi connectivity index (χ3v) is 6.69. The van der Waals surface area contributed by atoms with E-state index in [1.165, 1.54) is 11.3 Å². The van der Waals surface area contributed by atoms with Gasteiger partial charge >= 0.3 is 0 Å². The van der Waals surface area contributed by atoms with Crippen molar-refractivity contribution in [3.8, 4) is 5.75 Å². The lowest BCUT2D eigenvalue weighted by Crippen LogP contribution is -2.31. The van der Waals surface area contributed by atoms with Gasteiger partial charge in [0.1, 0.15) is 11.3 Å². The number of fused-ring (bicyclic) bond motifs is 1. The first-order valence-electron chi connectivity index (χ1n) is 8.99. The third-order valence-electron chi connectivity index (χ3n) is 4.54. The van der Waals surface area contributed by atoms with Crippen LogP contribution in [0.4, 0.5) is 5.13 Å². The Balaban J connectivity index is 1.84. The van der Waals surface area contributed by atoms with Crippen LogP contribution in [-0.4, -0.2) is 23.0 Å². The Bertz CT molecular complexity index is 1180. The highest BCUT2D eigenvalue weighted by atomic mass is 127. The van der Waals surface area contributed by atoms with Crippen molar-refractivity contribution in [2.45, 2.75) is 13.5 Å². The minimum absolute atomic E-state index is 0.101. The Morgan fingerprint density at radius 1 is 1.14 bits per heavy atom. The van der Waals surface area contributed by atoms with E-state index in [0.717, 1.165) is 25.0 Å². The van der Waals surface area contributed by atoms with Crippen molar-refractivity contribution in [1.82, 2.24) is 9.97 Å². The zero-order valence-electron chi connectivity index (χ0n) is 15.9. The quantitative estimate of drug-likeness (QED) is 0.332. The highest BCUT2D eigenvalue weighted by Crippen LogP contribution is 2.37. The van der Waals surface area contributed by atoms with Crippen molar-refractivity contribution in [2.75, 3.05) is 12.0 Å². The van der Waals surface area contributed by atoms with Crippen LogP contribution in [0.3, 0.4) is 0 Å². The number of aromatic nitrogens is 2. The first kappa shape index (κ1) is 19.8. The number of hydrogen-bond donors (Lipinski definition) is 0. The van der Waals surface area contributed by atoms with Gasteiger partial charge in [0, 0.05) is 9.77 Å². The second-order valence-electron chi connectivity index (χ2n) is 6.45. The molecule has 0 atom stereocenters. The highest BCUT2D eigenvalue weighted by molar-refractivity contribution is 14.1. The monoisotopic (exact) mass is 515 g/mol. The molecule has 146 valence electrons. The number of carbonyl (C=O) groups is 1. The molecule has 2 aromatic heterocycles. The molecule has 0 N–H and O–H groups in total. The van der Waals surface area contributed by atoms with E-state index >= 15 is 0 Å². The lowest BCUT2D eigenvalue weighted by Gasteiger charge is -2.20. The molecule has 0 radical (unpaired) electrons. The number of rotatable bonds is 5. The average molecular weight is 515 g/mol. The molecule has 0 saturated carbocycles. The summed E-state index contributed by atoms with van der Waals surface area (Å²) < 4.78 is 7.40. The lowest BCUT2D eigenvalue weighted by atomic mass is 10.2. The van der Waals surface area contributed by atoms with Crippen LogP contribution in [0.5, 0.6) is 5.75 Å². The highest BCUT2D eigenvalue weighted by Gasteiger charge is 2.24. The van der Waals surface area contributed by atoms with Gasteiger partial charge < -0.3 is 4.74 Å². The van der Waals surface area contributed by atoms with Crippen molar-refractivity contribution in [3.05, 3.63) is 81.2 Å². The number of halogens is 1. The van der Waals surface area contributed by atoms with E-state index < -0.39 is 0 Å². The second kappa shape index (κ2) is 8.46. The third kappa shape index (κ3) is 3.97. The molecule has 0 spiro atoms. The first-order valence-corrected chi connectivity index (χ1v) is 10.9. The summed E-state index contributed by atoms with van der Waals surface area (Å²) in [5.41, 5.74) is 3.32. The Kier molecular flexibility index (Phi) is 5.77. The molecule has 0 unspecified atom stereocenters. The molecule has 7 heteroatoms. The number of hydrogen-bond acceptors (Lipinski definition) is 5. The summed E-state index contributed by atoms with van der Waals surface area (Å²) in [7, 11) is 1.63. The van der Waals surface area contributed by atoms with Crippen LogP contribution in [0.15, 0.2) is 60.8 Å². The molecule has 0 aliphatic heterocycles. The van der Waals surface area contributed by atoms with Gasteiger partial charge in [-0.25, -0.2) is 4.98 Å². The van der Waals surface area contributed by atoms with E-state index in [1.807, 2.05) is 61.5 Å². The van der Waals surface area contributed by atoms with E-state index in [1.54, 1.807) is 18.2 Å². The largest absolute Gasteiger partial charge is 0.494 e. The molecule has 4 aromatic rings. The molecule has 0 aliphatic rings. The van der Waals surface area contributed by atoms with Crippen LogP contribution in [0.2, 0.25) is 0 Å². The second-order valence-corrected chi connectivity index (χ2v) is 8.59. The average Bonchev–Trinajstić information content (AvgIpc) is 3.19. The van der Waals surface area contributed by atoms with Crippen molar-refractivity contribution in [3.63, 3.8) is 0 Å². The molecule has 2 aromatic carbocycles. The molecule has 0 saturated heterocycles. The SMILES string of the molecule is COc1ccc(C)c2sc(N(Cc3ccccn3)C(=O)c3ccccc3I)nc12. The Morgan fingerprint density at radius 2 is 1.93 bits per heavy atom. The number of benzene rings is 2. The molecule has 5 nitrogen and oxygen atoms in total. The first-order chi connectivity index (χ1) is 14.1. The number of aryl methyl sites for hydroxylation is 1. The fraction of sp³-hybridized carbons (Fsp3) is 0.136. The lowest BCUT2D eigenvalue weighted by molar-refractivity contribution is 0.0984. The smallest absolute Gasteiger partial charge is 0.261 e. The molecular formula is C22H18IN3O2S. The number of amides is 1. The standard InChI is InChI=1S/C22H18IN3O2S/c1-14-10-11-18(28-2)19-20(14)29-22(25-19)26(13-15-7-5-6-12-24-15)21(27)16-8-3-4-9-17(16)23/h3-12H,13H2,1-2H3. The molecule has 1 amide bonds. The van der Waals surface area contributed by atoms with Crippen molar-refractivity contribution >= 4 is 55.2 Å². The van der Waals surface area contributed by atoms with Gasteiger partial charge in [0.15, 0.2) is 5.13 Å². The van der Waals surface area contributed by atoms with Gasteiger partial charge in [0.25, 0.3) is 5.91 Å². The van der Waals surface area contributed by atoms with Gasteiger partial charge in [-0.05, 0) is 65.4 Å². The maximum atomic E-state index is 13.5. The van der Waals surface area contributed by atoms with Crippen LogP contribution < -0.4 is 9.64 Å². The van der Waals surface area contributed by atoms with Crippen molar-refractivity contribution in [1.29, 1.82) is 0 Å². The summed E-state index contributed by atoms with van der Waals surface area (Å²) in [6.07, 6.45) is 1.73. The van der Waals surface area contributed by atoms with Crippen LogP contribution in [0.25, 0.3) is 10.2 Å². The molecule has 0 aliphatic carbocycles.